The van der Waals surface area contributed by atoms with Gasteiger partial charge in [0.05, 0.1) is 18.8 Å². The number of rotatable bonds is 9. The second kappa shape index (κ2) is 10.5. The number of carbonyl (C=O) groups excluding carboxylic acids is 2. The van der Waals surface area contributed by atoms with E-state index in [1.54, 1.807) is 13.1 Å². The Morgan fingerprint density at radius 1 is 1.20 bits per heavy atom. The van der Waals surface area contributed by atoms with E-state index in [1.807, 2.05) is 45.9 Å². The van der Waals surface area contributed by atoms with Gasteiger partial charge >= 0.3 is 11.9 Å². The van der Waals surface area contributed by atoms with Gasteiger partial charge in [-0.2, -0.15) is 0 Å². The number of aryl methyl sites for hydroxylation is 1. The van der Waals surface area contributed by atoms with Crippen LogP contribution in [0.25, 0.3) is 0 Å². The lowest BCUT2D eigenvalue weighted by Gasteiger charge is -2.19. The summed E-state index contributed by atoms with van der Waals surface area (Å²) in [5, 5.41) is 6.97. The van der Waals surface area contributed by atoms with Crippen LogP contribution in [0.5, 0.6) is 0 Å². The first kappa shape index (κ1) is 23.8. The van der Waals surface area contributed by atoms with Crippen molar-refractivity contribution in [2.45, 2.75) is 53.3 Å². The Morgan fingerprint density at radius 2 is 1.93 bits per heavy atom. The van der Waals surface area contributed by atoms with Crippen LogP contribution in [-0.2, 0) is 27.4 Å². The lowest BCUT2D eigenvalue weighted by atomic mass is 10.1. The predicted molar refractivity (Wildman–Crippen MR) is 118 cm³/mol. The fraction of sp³-hybridized carbons (Fsp3) is 0.455. The number of benzene rings is 1. The Hall–Kier alpha value is -2.51. The minimum absolute atomic E-state index is 0.0987. The third kappa shape index (κ3) is 7.07. The molecule has 0 saturated carbocycles. The number of nitrogens with one attached hydrogen (secondary N) is 3. The second-order valence-corrected chi connectivity index (χ2v) is 8.32. The molecule has 8 heteroatoms. The molecular formula is C22H30ClN3O4. The fourth-order valence-corrected chi connectivity index (χ4v) is 3.04. The monoisotopic (exact) mass is 435 g/mol. The first-order valence-electron chi connectivity index (χ1n) is 9.89. The van der Waals surface area contributed by atoms with Gasteiger partial charge in [0, 0.05) is 24.3 Å². The van der Waals surface area contributed by atoms with Gasteiger partial charge < -0.3 is 25.1 Å². The van der Waals surface area contributed by atoms with Gasteiger partial charge in [-0.05, 0) is 57.4 Å². The molecule has 0 amide bonds. The maximum Gasteiger partial charge on any atom is 0.356 e. The van der Waals surface area contributed by atoms with Gasteiger partial charge in [0.2, 0.25) is 0 Å². The Morgan fingerprint density at radius 3 is 2.60 bits per heavy atom. The van der Waals surface area contributed by atoms with Gasteiger partial charge in [-0.15, -0.1) is 0 Å². The van der Waals surface area contributed by atoms with Crippen molar-refractivity contribution in [3.63, 3.8) is 0 Å². The van der Waals surface area contributed by atoms with Gasteiger partial charge in [-0.25, -0.2) is 4.79 Å². The van der Waals surface area contributed by atoms with Crippen LogP contribution in [0.3, 0.4) is 0 Å². The largest absolute Gasteiger partial charge is 0.461 e. The van der Waals surface area contributed by atoms with Gasteiger partial charge in [0.15, 0.2) is 0 Å². The van der Waals surface area contributed by atoms with Crippen LogP contribution in [0.4, 0.5) is 5.69 Å². The molecule has 0 atom stereocenters. The molecule has 3 N–H and O–H groups in total. The highest BCUT2D eigenvalue weighted by molar-refractivity contribution is 6.31. The number of aromatic amines is 1. The molecule has 1 heterocycles. The summed E-state index contributed by atoms with van der Waals surface area (Å²) in [6.07, 6.45) is 1.77. The minimum atomic E-state index is -0.513. The summed E-state index contributed by atoms with van der Waals surface area (Å²) in [5.41, 5.74) is 3.39. The Kier molecular flexibility index (Phi) is 8.32. The second-order valence-electron chi connectivity index (χ2n) is 7.91. The van der Waals surface area contributed by atoms with Crippen LogP contribution in [0.1, 0.15) is 54.9 Å². The SMILES string of the molecule is CCOC(=O)c1[nH]cc(C)c1NCc1ccc(Cl)c(CNCC(=O)OC(C)(C)C)c1. The minimum Gasteiger partial charge on any atom is -0.461 e. The van der Waals surface area contributed by atoms with Gasteiger partial charge in [-0.3, -0.25) is 4.79 Å². The molecule has 0 spiro atoms. The van der Waals surface area contributed by atoms with E-state index >= 15 is 0 Å². The molecule has 30 heavy (non-hydrogen) atoms. The van der Waals surface area contributed by atoms with E-state index in [9.17, 15) is 9.59 Å². The number of H-pyrrole nitrogens is 1. The summed E-state index contributed by atoms with van der Waals surface area (Å²) in [6.45, 7) is 10.5. The van der Waals surface area contributed by atoms with Gasteiger partial charge in [0.25, 0.3) is 0 Å². The first-order valence-corrected chi connectivity index (χ1v) is 10.3. The van der Waals surface area contributed by atoms with Crippen molar-refractivity contribution in [1.82, 2.24) is 10.3 Å². The Bertz CT molecular complexity index is 887. The number of ether oxygens (including phenoxy) is 2. The number of halogens is 1. The fourth-order valence-electron chi connectivity index (χ4n) is 2.85. The predicted octanol–water partition coefficient (Wildman–Crippen LogP) is 4.20. The Balaban J connectivity index is 1.98. The highest BCUT2D eigenvalue weighted by atomic mass is 35.5. The molecule has 0 aliphatic rings. The highest BCUT2D eigenvalue weighted by Gasteiger charge is 2.17. The molecule has 1 aromatic heterocycles. The van der Waals surface area contributed by atoms with Crippen molar-refractivity contribution >= 4 is 29.2 Å². The van der Waals surface area contributed by atoms with E-state index in [2.05, 4.69) is 15.6 Å². The van der Waals surface area contributed by atoms with Crippen LogP contribution < -0.4 is 10.6 Å². The maximum absolute atomic E-state index is 12.1. The number of aromatic nitrogens is 1. The molecule has 0 aliphatic carbocycles. The molecule has 164 valence electrons. The molecule has 7 nitrogen and oxygen atoms in total. The van der Waals surface area contributed by atoms with Crippen molar-refractivity contribution in [3.8, 4) is 0 Å². The zero-order valence-electron chi connectivity index (χ0n) is 18.1. The number of hydrogen-bond donors (Lipinski definition) is 3. The van der Waals surface area contributed by atoms with Crippen molar-refractivity contribution in [2.24, 2.45) is 0 Å². The molecule has 0 fully saturated rings. The summed E-state index contributed by atoms with van der Waals surface area (Å²) >= 11 is 6.30. The van der Waals surface area contributed by atoms with Gasteiger partial charge in [0.1, 0.15) is 11.3 Å². The van der Waals surface area contributed by atoms with Crippen LogP contribution in [-0.4, -0.2) is 35.7 Å². The zero-order chi connectivity index (χ0) is 22.3. The third-order valence-corrected chi connectivity index (χ3v) is 4.51. The summed E-state index contributed by atoms with van der Waals surface area (Å²) in [7, 11) is 0. The lowest BCUT2D eigenvalue weighted by molar-refractivity contribution is -0.153. The zero-order valence-corrected chi connectivity index (χ0v) is 18.9. The normalized spacial score (nSPS) is 11.3. The summed E-state index contributed by atoms with van der Waals surface area (Å²) < 4.78 is 10.4. The van der Waals surface area contributed by atoms with Crippen molar-refractivity contribution in [3.05, 3.63) is 51.8 Å². The molecule has 0 saturated heterocycles. The standard InChI is InChI=1S/C22H30ClN3O4/c1-6-29-21(28)20-19(14(2)10-25-20)26-11-15-7-8-17(23)16(9-15)12-24-13-18(27)30-22(3,4)5/h7-10,24-26H,6,11-13H2,1-5H3. The molecule has 0 radical (unpaired) electrons. The maximum atomic E-state index is 12.1. The average molecular weight is 436 g/mol. The molecule has 1 aromatic carbocycles. The number of carbonyl (C=O) groups is 2. The van der Waals surface area contributed by atoms with E-state index in [4.69, 9.17) is 21.1 Å². The molecule has 0 bridgehead atoms. The molecular weight excluding hydrogens is 406 g/mol. The first-order chi connectivity index (χ1) is 14.1. The van der Waals surface area contributed by atoms with Gasteiger partial charge in [-0.1, -0.05) is 23.7 Å². The van der Waals surface area contributed by atoms with Crippen LogP contribution in [0, 0.1) is 6.92 Å². The van der Waals surface area contributed by atoms with E-state index in [0.29, 0.717) is 36.1 Å². The molecule has 2 aromatic rings. The van der Waals surface area contributed by atoms with E-state index in [-0.39, 0.29) is 12.5 Å². The summed E-state index contributed by atoms with van der Waals surface area (Å²) in [5.74, 6) is -0.706. The number of anilines is 1. The molecule has 0 unspecified atom stereocenters. The molecule has 2 rings (SSSR count). The Labute approximate surface area is 182 Å². The van der Waals surface area contributed by atoms with Crippen molar-refractivity contribution in [2.75, 3.05) is 18.5 Å². The van der Waals surface area contributed by atoms with Crippen molar-refractivity contribution in [1.29, 1.82) is 0 Å². The summed E-state index contributed by atoms with van der Waals surface area (Å²) in [4.78, 5) is 26.9. The highest BCUT2D eigenvalue weighted by Crippen LogP contribution is 2.23. The van der Waals surface area contributed by atoms with Crippen LogP contribution in [0.2, 0.25) is 5.02 Å². The smallest absolute Gasteiger partial charge is 0.356 e. The number of esters is 2. The van der Waals surface area contributed by atoms with E-state index < -0.39 is 11.6 Å². The lowest BCUT2D eigenvalue weighted by Crippen LogP contribution is -2.31. The van der Waals surface area contributed by atoms with Crippen LogP contribution >= 0.6 is 11.6 Å². The third-order valence-electron chi connectivity index (χ3n) is 4.14. The number of hydrogen-bond acceptors (Lipinski definition) is 6. The van der Waals surface area contributed by atoms with Crippen LogP contribution in [0.15, 0.2) is 24.4 Å². The van der Waals surface area contributed by atoms with Crippen molar-refractivity contribution < 1.29 is 19.1 Å². The molecule has 0 aliphatic heterocycles. The van der Waals surface area contributed by atoms with E-state index in [0.717, 1.165) is 16.7 Å². The average Bonchev–Trinajstić information content (AvgIpc) is 3.01. The quantitative estimate of drug-likeness (QED) is 0.511. The van der Waals surface area contributed by atoms with E-state index in [1.165, 1.54) is 0 Å². The summed E-state index contributed by atoms with van der Waals surface area (Å²) in [6, 6.07) is 5.70. The topological polar surface area (TPSA) is 92.5 Å².